The Bertz CT molecular complexity index is 1470. The van der Waals surface area contributed by atoms with Crippen LogP contribution in [0.15, 0.2) is 77.0 Å². The number of halogens is 1. The first kappa shape index (κ1) is 27.7. The van der Waals surface area contributed by atoms with Crippen molar-refractivity contribution >= 4 is 41.5 Å². The van der Waals surface area contributed by atoms with Crippen molar-refractivity contribution < 1.29 is 23.8 Å². The molecule has 0 radical (unpaired) electrons. The van der Waals surface area contributed by atoms with Crippen LogP contribution in [0.4, 0.5) is 0 Å². The Labute approximate surface area is 233 Å². The first-order chi connectivity index (χ1) is 18.9. The number of hydrogen-bond acceptors (Lipinski definition) is 9. The molecule has 4 rings (SSSR count). The second-order valence-electron chi connectivity index (χ2n) is 7.91. The lowest BCUT2D eigenvalue weighted by atomic mass is 10.2. The number of aromatic nitrogens is 3. The van der Waals surface area contributed by atoms with Crippen molar-refractivity contribution in [3.63, 3.8) is 0 Å². The highest BCUT2D eigenvalue weighted by Gasteiger charge is 2.18. The SMILES string of the molecule is COc1cc(/C=N\NC(=O)CSc2nnc(-c3ccc(Cl)cc3)n2-c2ccccc2)cc(OC)c1OC(C)=O. The molecule has 0 aliphatic rings. The second-order valence-corrected chi connectivity index (χ2v) is 9.29. The van der Waals surface area contributed by atoms with Crippen molar-refractivity contribution in [3.05, 3.63) is 77.3 Å². The van der Waals surface area contributed by atoms with Gasteiger partial charge in [0.25, 0.3) is 5.91 Å². The van der Waals surface area contributed by atoms with Gasteiger partial charge in [-0.3, -0.25) is 14.2 Å². The summed E-state index contributed by atoms with van der Waals surface area (Å²) < 4.78 is 17.7. The lowest BCUT2D eigenvalue weighted by molar-refractivity contribution is -0.132. The van der Waals surface area contributed by atoms with Crippen molar-refractivity contribution in [3.8, 4) is 34.3 Å². The summed E-state index contributed by atoms with van der Waals surface area (Å²) in [6.45, 7) is 1.28. The fourth-order valence-electron chi connectivity index (χ4n) is 3.52. The van der Waals surface area contributed by atoms with Crippen LogP contribution in [0.25, 0.3) is 17.1 Å². The van der Waals surface area contributed by atoms with E-state index in [9.17, 15) is 9.59 Å². The van der Waals surface area contributed by atoms with Crippen molar-refractivity contribution in [2.45, 2.75) is 12.1 Å². The van der Waals surface area contributed by atoms with Crippen LogP contribution in [0.3, 0.4) is 0 Å². The van der Waals surface area contributed by atoms with Gasteiger partial charge < -0.3 is 14.2 Å². The molecular formula is C27H24ClN5O5S. The van der Waals surface area contributed by atoms with Crippen molar-refractivity contribution in [2.75, 3.05) is 20.0 Å². The van der Waals surface area contributed by atoms with Crippen LogP contribution in [-0.2, 0) is 9.59 Å². The van der Waals surface area contributed by atoms with Gasteiger partial charge in [0.1, 0.15) is 0 Å². The molecule has 12 heteroatoms. The number of methoxy groups -OCH3 is 2. The number of carbonyl (C=O) groups is 2. The maximum Gasteiger partial charge on any atom is 0.308 e. The highest BCUT2D eigenvalue weighted by Crippen LogP contribution is 2.38. The molecule has 0 aliphatic heterocycles. The normalized spacial score (nSPS) is 10.9. The highest BCUT2D eigenvalue weighted by molar-refractivity contribution is 7.99. The average molecular weight is 566 g/mol. The molecule has 1 heterocycles. The second kappa shape index (κ2) is 12.9. The molecule has 200 valence electrons. The summed E-state index contributed by atoms with van der Waals surface area (Å²) in [5.74, 6) is 0.531. The quantitative estimate of drug-likeness (QED) is 0.0960. The lowest BCUT2D eigenvalue weighted by Crippen LogP contribution is -2.20. The van der Waals surface area contributed by atoms with E-state index >= 15 is 0 Å². The van der Waals surface area contributed by atoms with Crippen LogP contribution in [0, 0.1) is 0 Å². The van der Waals surface area contributed by atoms with Crippen LogP contribution >= 0.6 is 23.4 Å². The van der Waals surface area contributed by atoms with Gasteiger partial charge in [-0.2, -0.15) is 5.10 Å². The van der Waals surface area contributed by atoms with Gasteiger partial charge in [0.2, 0.25) is 5.75 Å². The number of hydrogen-bond donors (Lipinski definition) is 1. The molecule has 1 amide bonds. The van der Waals surface area contributed by atoms with Crippen LogP contribution in [-0.4, -0.2) is 52.8 Å². The number of benzene rings is 3. The molecule has 0 saturated heterocycles. The van der Waals surface area contributed by atoms with Gasteiger partial charge in [-0.15, -0.1) is 10.2 Å². The number of amides is 1. The number of ether oxygens (including phenoxy) is 3. The van der Waals surface area contributed by atoms with Gasteiger partial charge in [-0.1, -0.05) is 41.6 Å². The van der Waals surface area contributed by atoms with E-state index in [-0.39, 0.29) is 28.9 Å². The third-order valence-corrected chi connectivity index (χ3v) is 6.40. The minimum atomic E-state index is -0.513. The number of para-hydroxylation sites is 1. The first-order valence-electron chi connectivity index (χ1n) is 11.6. The molecule has 1 N–H and O–H groups in total. The van der Waals surface area contributed by atoms with E-state index < -0.39 is 5.97 Å². The Morgan fingerprint density at radius 2 is 1.69 bits per heavy atom. The summed E-state index contributed by atoms with van der Waals surface area (Å²) >= 11 is 7.27. The zero-order valence-electron chi connectivity index (χ0n) is 21.3. The smallest absolute Gasteiger partial charge is 0.308 e. The predicted molar refractivity (Wildman–Crippen MR) is 149 cm³/mol. The largest absolute Gasteiger partial charge is 0.493 e. The van der Waals surface area contributed by atoms with Crippen molar-refractivity contribution in [2.24, 2.45) is 5.10 Å². The van der Waals surface area contributed by atoms with E-state index in [2.05, 4.69) is 20.7 Å². The molecule has 10 nitrogen and oxygen atoms in total. The summed E-state index contributed by atoms with van der Waals surface area (Å²) in [6.07, 6.45) is 1.43. The number of carbonyl (C=O) groups excluding carboxylic acids is 2. The standard InChI is InChI=1S/C27H24ClN5O5S/c1-17(34)38-25-22(36-2)13-18(14-23(25)37-3)15-29-30-24(35)16-39-27-32-31-26(19-9-11-20(28)12-10-19)33(27)21-7-5-4-6-8-21/h4-15H,16H2,1-3H3,(H,30,35)/b29-15-. The van der Waals surface area contributed by atoms with Gasteiger partial charge >= 0.3 is 5.97 Å². The van der Waals surface area contributed by atoms with Crippen LogP contribution in [0.1, 0.15) is 12.5 Å². The summed E-state index contributed by atoms with van der Waals surface area (Å²) in [5, 5.41) is 13.9. The van der Waals surface area contributed by atoms with Gasteiger partial charge in [-0.05, 0) is 48.5 Å². The summed E-state index contributed by atoms with van der Waals surface area (Å²) in [5.41, 5.74) is 4.75. The number of rotatable bonds is 10. The van der Waals surface area contributed by atoms with Gasteiger partial charge in [0.15, 0.2) is 22.5 Å². The van der Waals surface area contributed by atoms with E-state index in [4.69, 9.17) is 25.8 Å². The minimum Gasteiger partial charge on any atom is -0.493 e. The molecule has 4 aromatic rings. The fourth-order valence-corrected chi connectivity index (χ4v) is 4.39. The lowest BCUT2D eigenvalue weighted by Gasteiger charge is -2.13. The molecule has 0 aliphatic carbocycles. The zero-order valence-corrected chi connectivity index (χ0v) is 22.8. The monoisotopic (exact) mass is 565 g/mol. The Balaban J connectivity index is 1.47. The molecule has 0 spiro atoms. The van der Waals surface area contributed by atoms with Gasteiger partial charge in [0, 0.05) is 28.8 Å². The van der Waals surface area contributed by atoms with Gasteiger partial charge in [0.05, 0.1) is 26.2 Å². The minimum absolute atomic E-state index is 0.0426. The summed E-state index contributed by atoms with van der Waals surface area (Å²) in [6, 6.07) is 20.1. The predicted octanol–water partition coefficient (Wildman–Crippen LogP) is 4.77. The van der Waals surface area contributed by atoms with Gasteiger partial charge in [-0.25, -0.2) is 5.43 Å². The third kappa shape index (κ3) is 6.95. The number of nitrogens with one attached hydrogen (secondary N) is 1. The Kier molecular flexibility index (Phi) is 9.18. The zero-order chi connectivity index (χ0) is 27.8. The Hall–Kier alpha value is -4.35. The maximum absolute atomic E-state index is 12.6. The first-order valence-corrected chi connectivity index (χ1v) is 12.9. The molecule has 1 aromatic heterocycles. The van der Waals surface area contributed by atoms with E-state index in [1.165, 1.54) is 39.1 Å². The Morgan fingerprint density at radius 1 is 1.03 bits per heavy atom. The number of esters is 1. The average Bonchev–Trinajstić information content (AvgIpc) is 3.37. The summed E-state index contributed by atoms with van der Waals surface area (Å²) in [7, 11) is 2.88. The van der Waals surface area contributed by atoms with Crippen LogP contribution < -0.4 is 19.6 Å². The molecule has 39 heavy (non-hydrogen) atoms. The van der Waals surface area contributed by atoms with E-state index in [0.29, 0.717) is 21.6 Å². The molecule has 0 fully saturated rings. The molecule has 0 saturated carbocycles. The van der Waals surface area contributed by atoms with E-state index in [0.717, 1.165) is 11.3 Å². The number of nitrogens with zero attached hydrogens (tertiary/aromatic N) is 4. The van der Waals surface area contributed by atoms with Crippen LogP contribution in [0.2, 0.25) is 5.02 Å². The third-order valence-electron chi connectivity index (χ3n) is 5.21. The van der Waals surface area contributed by atoms with Crippen molar-refractivity contribution in [1.29, 1.82) is 0 Å². The summed E-state index contributed by atoms with van der Waals surface area (Å²) in [4.78, 5) is 24.0. The number of thioether (sulfide) groups is 1. The van der Waals surface area contributed by atoms with E-state index in [1.54, 1.807) is 24.3 Å². The molecule has 0 bridgehead atoms. The molecule has 0 atom stereocenters. The number of hydrazone groups is 1. The van der Waals surface area contributed by atoms with Crippen LogP contribution in [0.5, 0.6) is 17.2 Å². The van der Waals surface area contributed by atoms with Crippen molar-refractivity contribution in [1.82, 2.24) is 20.2 Å². The highest BCUT2D eigenvalue weighted by atomic mass is 35.5. The topological polar surface area (TPSA) is 117 Å². The molecule has 0 unspecified atom stereocenters. The maximum atomic E-state index is 12.6. The fraction of sp³-hybridized carbons (Fsp3) is 0.148. The Morgan fingerprint density at radius 3 is 2.31 bits per heavy atom. The molecule has 3 aromatic carbocycles. The van der Waals surface area contributed by atoms with E-state index in [1.807, 2.05) is 47.0 Å². The molecular weight excluding hydrogens is 542 g/mol.